The highest BCUT2D eigenvalue weighted by molar-refractivity contribution is 6.40. The van der Waals surface area contributed by atoms with Gasteiger partial charge in [0.05, 0.1) is 34.7 Å². The van der Waals surface area contributed by atoms with Crippen molar-refractivity contribution >= 4 is 110 Å². The van der Waals surface area contributed by atoms with Crippen LogP contribution in [0.25, 0.3) is 76.2 Å². The fourth-order valence-electron chi connectivity index (χ4n) is 10.2. The minimum absolute atomic E-state index is 0.00798. The molecule has 3 aromatic heterocycles. The number of nitrogens with zero attached hydrogens (tertiary/aromatic N) is 2. The summed E-state index contributed by atoms with van der Waals surface area (Å²) < 4.78 is 20.7. The van der Waals surface area contributed by atoms with Gasteiger partial charge in [0.15, 0.2) is 0 Å². The van der Waals surface area contributed by atoms with E-state index in [4.69, 9.17) is 13.3 Å². The molecule has 0 fully saturated rings. The molecule has 0 saturated heterocycles. The lowest BCUT2D eigenvalue weighted by Gasteiger charge is -2.29. The molecule has 0 radical (unpaired) electrons. The van der Waals surface area contributed by atoms with Gasteiger partial charge < -0.3 is 23.1 Å². The number of furan rings is 3. The van der Waals surface area contributed by atoms with Crippen LogP contribution in [0.4, 0.5) is 34.1 Å². The Labute approximate surface area is 390 Å². The monoisotopic (exact) mass is 872 g/mol. The Kier molecular flexibility index (Phi) is 9.05. The lowest BCUT2D eigenvalue weighted by Crippen LogP contribution is -2.13. The van der Waals surface area contributed by atoms with Gasteiger partial charge in [0.1, 0.15) is 22.3 Å². The molecule has 3 heterocycles. The number of benzene rings is 9. The summed E-state index contributed by atoms with van der Waals surface area (Å²) in [5.41, 5.74) is 14.5. The molecule has 0 unspecified atom stereocenters. The van der Waals surface area contributed by atoms with Crippen LogP contribution >= 0.6 is 0 Å². The lowest BCUT2D eigenvalue weighted by atomic mass is 9.87. The van der Waals surface area contributed by atoms with Crippen LogP contribution in [0.1, 0.15) is 63.8 Å². The van der Waals surface area contributed by atoms with E-state index in [2.05, 4.69) is 223 Å². The van der Waals surface area contributed by atoms with Gasteiger partial charge in [-0.25, -0.2) is 0 Å². The quantitative estimate of drug-likeness (QED) is 0.156. The average molecular weight is 873 g/mol. The molecule has 0 spiro atoms. The van der Waals surface area contributed by atoms with Crippen LogP contribution in [0.15, 0.2) is 184 Å². The van der Waals surface area contributed by atoms with Gasteiger partial charge in [-0.2, -0.15) is 0 Å². The highest BCUT2D eigenvalue weighted by Gasteiger charge is 2.29. The van der Waals surface area contributed by atoms with Crippen molar-refractivity contribution < 1.29 is 13.3 Å². The summed E-state index contributed by atoms with van der Waals surface area (Å²) in [6.07, 6.45) is 3.80. The Hall–Kier alpha value is -7.76. The number of hydrogen-bond acceptors (Lipinski definition) is 5. The van der Waals surface area contributed by atoms with Crippen molar-refractivity contribution in [3.63, 3.8) is 0 Å². The fraction of sp³-hybridized carbons (Fsp3) is 0.161. The first-order valence-corrected chi connectivity index (χ1v) is 23.3. The van der Waals surface area contributed by atoms with Crippen LogP contribution in [0.5, 0.6) is 0 Å². The maximum atomic E-state index is 7.22. The second kappa shape index (κ2) is 14.9. The zero-order chi connectivity index (χ0) is 45.9. The van der Waals surface area contributed by atoms with E-state index in [1.807, 2.05) is 12.5 Å². The van der Waals surface area contributed by atoms with E-state index in [9.17, 15) is 0 Å². The van der Waals surface area contributed by atoms with Crippen LogP contribution in [0, 0.1) is 13.8 Å². The number of rotatable bonds is 6. The molecule has 0 aliphatic carbocycles. The van der Waals surface area contributed by atoms with E-state index < -0.39 is 0 Å². The standard InChI is InChI=1S/C62H52N2O3/c1-37-17-25-41(26-18-37)63(43-29-21-39(22-30-43)61(3,4)5)51-33-47-49-35-65-36-50(49)48-34-52(64(42-27-19-38(2)20-28-42)44-31-23-40(24-32-44)62(6,7)8)56-46-14-10-12-16-54(46)67-60(56)58(48)57(47)59-55(51)45-13-9-11-15-53(45)66-59/h9-36H,1-8H3. The number of para-hydroxylation sites is 2. The maximum absolute atomic E-state index is 7.22. The van der Waals surface area contributed by atoms with Crippen molar-refractivity contribution in [1.29, 1.82) is 0 Å². The Morgan fingerprint density at radius 3 is 1.06 bits per heavy atom. The summed E-state index contributed by atoms with van der Waals surface area (Å²) in [4.78, 5) is 4.77. The van der Waals surface area contributed by atoms with Gasteiger partial charge >= 0.3 is 0 Å². The predicted octanol–water partition coefficient (Wildman–Crippen LogP) is 18.7. The molecule has 0 atom stereocenters. The van der Waals surface area contributed by atoms with E-state index in [-0.39, 0.29) is 10.8 Å². The first-order valence-electron chi connectivity index (χ1n) is 23.3. The highest BCUT2D eigenvalue weighted by Crippen LogP contribution is 2.54. The number of hydrogen-bond donors (Lipinski definition) is 0. The van der Waals surface area contributed by atoms with Gasteiger partial charge in [0, 0.05) is 55.1 Å². The van der Waals surface area contributed by atoms with Crippen molar-refractivity contribution in [1.82, 2.24) is 0 Å². The van der Waals surface area contributed by atoms with Gasteiger partial charge in [-0.15, -0.1) is 0 Å². The molecule has 5 heteroatoms. The van der Waals surface area contributed by atoms with Gasteiger partial charge in [-0.3, -0.25) is 0 Å². The van der Waals surface area contributed by atoms with Gasteiger partial charge in [-0.1, -0.05) is 138 Å². The SMILES string of the molecule is Cc1ccc(N(c2ccc(C(C)(C)C)cc2)c2cc3c4cocc4c4cc(N(c5ccc(C)cc5)c5ccc(C(C)(C)C)cc5)c5c6ccccc6oc5c4c3c3oc4ccccc4c23)cc1. The van der Waals surface area contributed by atoms with Crippen LogP contribution in [0.2, 0.25) is 0 Å². The molecular formula is C62H52N2O3. The molecule has 0 aliphatic rings. The summed E-state index contributed by atoms with van der Waals surface area (Å²) >= 11 is 0. The summed E-state index contributed by atoms with van der Waals surface area (Å²) in [5, 5.41) is 10.1. The second-order valence-electron chi connectivity index (χ2n) is 20.4. The van der Waals surface area contributed by atoms with Crippen molar-refractivity contribution in [3.05, 3.63) is 193 Å². The van der Waals surface area contributed by atoms with Crippen molar-refractivity contribution in [3.8, 4) is 0 Å². The third kappa shape index (κ3) is 6.51. The third-order valence-electron chi connectivity index (χ3n) is 13.8. The molecule has 67 heavy (non-hydrogen) atoms. The molecular weight excluding hydrogens is 821 g/mol. The molecule has 0 amide bonds. The van der Waals surface area contributed by atoms with Crippen molar-refractivity contribution in [2.75, 3.05) is 9.80 Å². The smallest absolute Gasteiger partial charge is 0.146 e. The summed E-state index contributed by atoms with van der Waals surface area (Å²) in [5.74, 6) is 0. The molecule has 0 aliphatic heterocycles. The molecule has 5 nitrogen and oxygen atoms in total. The molecule has 12 aromatic rings. The van der Waals surface area contributed by atoms with E-state index in [1.165, 1.54) is 22.3 Å². The molecule has 0 N–H and O–H groups in total. The van der Waals surface area contributed by atoms with E-state index in [0.29, 0.717) is 0 Å². The Bertz CT molecular complexity index is 3620. The van der Waals surface area contributed by atoms with Crippen LogP contribution < -0.4 is 9.80 Å². The average Bonchev–Trinajstić information content (AvgIpc) is 4.07. The van der Waals surface area contributed by atoms with E-state index >= 15 is 0 Å². The van der Waals surface area contributed by atoms with Gasteiger partial charge in [0.2, 0.25) is 0 Å². The van der Waals surface area contributed by atoms with Crippen molar-refractivity contribution in [2.24, 2.45) is 0 Å². The van der Waals surface area contributed by atoms with E-state index in [0.717, 1.165) is 110 Å². The number of aryl methyl sites for hydroxylation is 2. The zero-order valence-electron chi connectivity index (χ0n) is 39.3. The topological polar surface area (TPSA) is 45.9 Å². The van der Waals surface area contributed by atoms with Crippen LogP contribution in [0.3, 0.4) is 0 Å². The largest absolute Gasteiger partial charge is 0.471 e. The van der Waals surface area contributed by atoms with Crippen molar-refractivity contribution in [2.45, 2.75) is 66.2 Å². The third-order valence-corrected chi connectivity index (χ3v) is 13.8. The first kappa shape index (κ1) is 40.7. The highest BCUT2D eigenvalue weighted by atomic mass is 16.3. The summed E-state index contributed by atoms with van der Waals surface area (Å²) in [7, 11) is 0. The zero-order valence-corrected chi connectivity index (χ0v) is 39.3. The Morgan fingerprint density at radius 2 is 0.701 bits per heavy atom. The molecule has 9 aromatic carbocycles. The Balaban J connectivity index is 1.24. The molecule has 0 bridgehead atoms. The van der Waals surface area contributed by atoms with Crippen LogP contribution in [-0.4, -0.2) is 0 Å². The maximum Gasteiger partial charge on any atom is 0.146 e. The molecule has 0 saturated carbocycles. The minimum Gasteiger partial charge on any atom is -0.471 e. The lowest BCUT2D eigenvalue weighted by molar-refractivity contribution is 0.573. The predicted molar refractivity (Wildman–Crippen MR) is 282 cm³/mol. The number of anilines is 6. The van der Waals surface area contributed by atoms with Gasteiger partial charge in [0.25, 0.3) is 0 Å². The van der Waals surface area contributed by atoms with Crippen LogP contribution in [-0.2, 0) is 10.8 Å². The number of fused-ring (bicyclic) bond motifs is 14. The molecule has 328 valence electrons. The summed E-state index contributed by atoms with van der Waals surface area (Å²) in [6, 6.07) is 57.2. The molecule has 12 rings (SSSR count). The fourth-order valence-corrected chi connectivity index (χ4v) is 10.2. The summed E-state index contributed by atoms with van der Waals surface area (Å²) in [6.45, 7) is 17.8. The second-order valence-corrected chi connectivity index (χ2v) is 20.4. The normalized spacial score (nSPS) is 12.5. The van der Waals surface area contributed by atoms with E-state index in [1.54, 1.807) is 0 Å². The minimum atomic E-state index is 0.00798. The Morgan fingerprint density at radius 1 is 0.358 bits per heavy atom. The van der Waals surface area contributed by atoms with Gasteiger partial charge in [-0.05, 0) is 119 Å². The first-order chi connectivity index (χ1) is 32.3.